The molecule has 0 saturated carbocycles. The highest BCUT2D eigenvalue weighted by molar-refractivity contribution is 7.19. The number of fused-ring (bicyclic) bond motifs is 14. The first-order valence-electron chi connectivity index (χ1n) is 26.5. The van der Waals surface area contributed by atoms with Gasteiger partial charge in [0.25, 0.3) is 17.7 Å². The van der Waals surface area contributed by atoms with Crippen LogP contribution in [0.15, 0.2) is 64.8 Å². The van der Waals surface area contributed by atoms with E-state index in [2.05, 4.69) is 42.2 Å². The van der Waals surface area contributed by atoms with Crippen LogP contribution in [0.3, 0.4) is 0 Å². The van der Waals surface area contributed by atoms with Crippen molar-refractivity contribution in [3.05, 3.63) is 112 Å². The fraction of sp³-hybridized carbons (Fsp3) is 0.327. The van der Waals surface area contributed by atoms with Gasteiger partial charge in [-0.3, -0.25) is 38.9 Å². The van der Waals surface area contributed by atoms with Gasteiger partial charge in [-0.15, -0.1) is 68.0 Å². The third-order valence-electron chi connectivity index (χ3n) is 12.7. The van der Waals surface area contributed by atoms with Crippen LogP contribution in [0.4, 0.5) is 10.6 Å². The molecule has 7 amide bonds. The molecule has 0 saturated heterocycles. The van der Waals surface area contributed by atoms with E-state index in [0.717, 1.165) is 22.7 Å². The van der Waals surface area contributed by atoms with Crippen LogP contribution in [-0.4, -0.2) is 116 Å². The lowest BCUT2D eigenvalue weighted by molar-refractivity contribution is -0.149. The van der Waals surface area contributed by atoms with E-state index in [4.69, 9.17) is 44.1 Å². The summed E-state index contributed by atoms with van der Waals surface area (Å²) in [6.45, 7) is 8.11. The Morgan fingerprint density at radius 2 is 1.51 bits per heavy atom. The lowest BCUT2D eigenvalue weighted by atomic mass is 10.0. The number of carbonyl (C=O) groups is 8. The zero-order chi connectivity index (χ0) is 61.2. The fourth-order valence-electron chi connectivity index (χ4n) is 8.61. The molecule has 86 heavy (non-hydrogen) atoms. The predicted molar refractivity (Wildman–Crippen MR) is 325 cm³/mol. The third-order valence-corrected chi connectivity index (χ3v) is 18.6. The van der Waals surface area contributed by atoms with Crippen molar-refractivity contribution in [1.29, 1.82) is 0 Å². The van der Waals surface area contributed by atoms with E-state index in [1.54, 1.807) is 78.6 Å². The molecular formula is C55H56N14O11S6. The lowest BCUT2D eigenvalue weighted by Gasteiger charge is -2.26. The summed E-state index contributed by atoms with van der Waals surface area (Å²) in [5, 5.41) is 26.7. The average molecular weight is 1280 g/mol. The van der Waals surface area contributed by atoms with Crippen molar-refractivity contribution in [1.82, 2.24) is 66.8 Å². The number of benzene rings is 1. The molecule has 31 heteroatoms. The number of anilines is 1. The quantitative estimate of drug-likeness (QED) is 0.0508. The summed E-state index contributed by atoms with van der Waals surface area (Å²) in [6, 6.07) is 8.92. The highest BCUT2D eigenvalue weighted by atomic mass is 32.1. The van der Waals surface area contributed by atoms with Crippen molar-refractivity contribution in [2.45, 2.75) is 78.3 Å². The van der Waals surface area contributed by atoms with Gasteiger partial charge >= 0.3 is 18.0 Å². The summed E-state index contributed by atoms with van der Waals surface area (Å²) in [7, 11) is 2.93. The molecule has 0 aliphatic carbocycles. The number of carbonyl (C=O) groups excluding carboxylic acids is 8. The van der Waals surface area contributed by atoms with Gasteiger partial charge in [-0.05, 0) is 37.5 Å². The Balaban J connectivity index is 1.12. The Morgan fingerprint density at radius 3 is 2.26 bits per heavy atom. The molecule has 8 heterocycles. The molecule has 1 aromatic carbocycles. The van der Waals surface area contributed by atoms with Crippen LogP contribution in [-0.2, 0) is 40.0 Å². The summed E-state index contributed by atoms with van der Waals surface area (Å²) in [5.74, 6) is -4.07. The first-order valence-corrected chi connectivity index (χ1v) is 31.6. The van der Waals surface area contributed by atoms with Gasteiger partial charge in [0.05, 0.1) is 65.8 Å². The predicted octanol–water partition coefficient (Wildman–Crippen LogP) is 7.96. The van der Waals surface area contributed by atoms with Gasteiger partial charge in [0.15, 0.2) is 6.10 Å². The Labute approximate surface area is 515 Å². The van der Waals surface area contributed by atoms with Gasteiger partial charge in [-0.25, -0.2) is 39.7 Å². The maximum atomic E-state index is 14.3. The van der Waals surface area contributed by atoms with Crippen LogP contribution in [0.25, 0.3) is 42.5 Å². The van der Waals surface area contributed by atoms with Crippen molar-refractivity contribution in [3.8, 4) is 42.5 Å². The highest BCUT2D eigenvalue weighted by Crippen LogP contribution is 2.42. The van der Waals surface area contributed by atoms with Crippen molar-refractivity contribution in [2.75, 3.05) is 39.2 Å². The minimum atomic E-state index is -1.09. The second kappa shape index (κ2) is 28.2. The van der Waals surface area contributed by atoms with E-state index in [-0.39, 0.29) is 66.4 Å². The van der Waals surface area contributed by atoms with E-state index < -0.39 is 78.3 Å². The Morgan fingerprint density at radius 1 is 0.744 bits per heavy atom. The molecule has 448 valence electrons. The summed E-state index contributed by atoms with van der Waals surface area (Å²) >= 11 is 7.08. The monoisotopic (exact) mass is 1280 g/mol. The summed E-state index contributed by atoms with van der Waals surface area (Å²) in [4.78, 5) is 142. The number of nitrogens with zero attached hydrogens (tertiary/aromatic N) is 7. The van der Waals surface area contributed by atoms with Crippen molar-refractivity contribution >= 4 is 121 Å². The summed E-state index contributed by atoms with van der Waals surface area (Å²) in [6.07, 6.45) is 0.280. The molecule has 7 aromatic heterocycles. The first kappa shape index (κ1) is 62.2. The minimum absolute atomic E-state index is 0.0131. The zero-order valence-electron chi connectivity index (χ0n) is 47.1. The van der Waals surface area contributed by atoms with Crippen LogP contribution < -0.4 is 37.2 Å². The molecule has 8 aromatic rings. The van der Waals surface area contributed by atoms with Gasteiger partial charge in [0.1, 0.15) is 64.7 Å². The number of methoxy groups -OCH3 is 1. The topological polar surface area (TPSA) is 339 Å². The second-order valence-corrected chi connectivity index (χ2v) is 25.2. The minimum Gasteiger partial charge on any atom is -0.466 e. The number of aryl methyl sites for hydroxylation is 1. The van der Waals surface area contributed by atoms with Crippen molar-refractivity contribution in [2.24, 2.45) is 5.92 Å². The Bertz CT molecular complexity index is 3820. The molecule has 0 unspecified atom stereocenters. The highest BCUT2D eigenvalue weighted by Gasteiger charge is 2.35. The number of urea groups is 1. The molecule has 9 rings (SSSR count). The second-order valence-electron chi connectivity index (χ2n) is 19.2. The maximum absolute atomic E-state index is 14.3. The normalized spacial score (nSPS) is 16.0. The number of ether oxygens (including phenoxy) is 3. The van der Waals surface area contributed by atoms with Crippen molar-refractivity contribution in [3.63, 3.8) is 0 Å². The van der Waals surface area contributed by atoms with E-state index >= 15 is 0 Å². The summed E-state index contributed by atoms with van der Waals surface area (Å²) in [5.41, 5.74) is 2.31. The van der Waals surface area contributed by atoms with E-state index in [0.29, 0.717) is 67.9 Å². The van der Waals surface area contributed by atoms with E-state index in [1.807, 2.05) is 13.8 Å². The van der Waals surface area contributed by atoms with Crippen LogP contribution in [0, 0.1) is 12.8 Å². The van der Waals surface area contributed by atoms with Gasteiger partial charge in [0, 0.05) is 60.4 Å². The van der Waals surface area contributed by atoms with Gasteiger partial charge in [0.2, 0.25) is 11.8 Å². The van der Waals surface area contributed by atoms with Crippen LogP contribution in [0.1, 0.15) is 127 Å². The van der Waals surface area contributed by atoms with E-state index in [9.17, 15) is 38.4 Å². The molecule has 0 fully saturated rings. The number of amides is 7. The number of esters is 2. The van der Waals surface area contributed by atoms with Crippen LogP contribution in [0.2, 0.25) is 0 Å². The van der Waals surface area contributed by atoms with Crippen LogP contribution in [0.5, 0.6) is 0 Å². The fourth-order valence-corrected chi connectivity index (χ4v) is 14.2. The standard InChI is InChI=1S/C55H56N14O11S6/c1-8-79-39(73)16-17-57-55(77)65-36-24-83-51(64-36)30-15-14-29-42(60-30)34-19-59-50(85-34)33-23-82-53(63-33)44(45(80-27(5)70)28-12-10-9-11-13-28)66-38(72)20-58-47(75)43-35(21-78-7)86-54(69-43)40(25(2)3)67-48(76)41-26(4)84-52(68-41)31(18-37(71)56-6)61-46(74)32-22-81-49(29)62-32/h9-15,19,22-25,31,40,44-45H,8,16-18,20-21H2,1-7H3,(H,56,71)(H,58,75)(H,61,74)(H,66,72)(H,67,76)(H2,57,65,77)/t31-,40-,44-,45-/m0/s1. The summed E-state index contributed by atoms with van der Waals surface area (Å²) < 4.78 is 16.3. The zero-order valence-corrected chi connectivity index (χ0v) is 51.9. The van der Waals surface area contributed by atoms with Gasteiger partial charge in [-0.1, -0.05) is 44.2 Å². The van der Waals surface area contributed by atoms with Crippen molar-refractivity contribution < 1.29 is 52.6 Å². The number of pyridine rings is 1. The van der Waals surface area contributed by atoms with Crippen LogP contribution >= 0.6 is 68.0 Å². The first-order chi connectivity index (χ1) is 41.4. The number of hydrogen-bond donors (Lipinski definition) is 7. The largest absolute Gasteiger partial charge is 0.466 e. The van der Waals surface area contributed by atoms with Gasteiger partial charge < -0.3 is 46.1 Å². The smallest absolute Gasteiger partial charge is 0.320 e. The Hall–Kier alpha value is -8.33. The molecule has 10 bridgehead atoms. The molecule has 7 N–H and O–H groups in total. The molecular weight excluding hydrogens is 1230 g/mol. The number of aromatic nitrogens is 7. The average Bonchev–Trinajstić information content (AvgIpc) is 2.02. The third kappa shape index (κ3) is 15.0. The molecule has 0 spiro atoms. The van der Waals surface area contributed by atoms with E-state index in [1.165, 1.54) is 66.4 Å². The number of hydrogen-bond acceptors (Lipinski definition) is 24. The lowest BCUT2D eigenvalue weighted by Crippen LogP contribution is -2.41. The molecule has 1 aliphatic heterocycles. The van der Waals surface area contributed by atoms with Gasteiger partial charge in [-0.2, -0.15) is 0 Å². The molecule has 0 radical (unpaired) electrons. The SMILES string of the molecule is CCOC(=O)CCNC(=O)Nc1csc(-c2ccc3c(n2)-c2cnc(s2)-c2csc(n2)[C@H]([C@@H](OC(C)=O)c2ccccc2)NC(=O)CNC(=O)c2nc(sc2COC)[C@H](C(C)C)NC(=O)c2nc(sc2C)[C@H](CC(=O)NC)NC(=O)c2csc-3n2)n1. The maximum Gasteiger partial charge on any atom is 0.320 e. The molecule has 4 atom stereocenters. The number of nitrogens with one attached hydrogen (secondary N) is 7. The number of rotatable bonds is 14. The molecule has 1 aliphatic rings. The molecule has 25 nitrogen and oxygen atoms in total. The number of thiazole rings is 6. The Kier molecular flexibility index (Phi) is 20.4.